The van der Waals surface area contributed by atoms with Gasteiger partial charge in [-0.3, -0.25) is 10.1 Å². The summed E-state index contributed by atoms with van der Waals surface area (Å²) >= 11 is 1.47. The highest BCUT2D eigenvalue weighted by Crippen LogP contribution is 2.27. The Balaban J connectivity index is 1.92. The van der Waals surface area contributed by atoms with Crippen LogP contribution in [-0.4, -0.2) is 66.6 Å². The number of anilines is 1. The monoisotopic (exact) mass is 340 g/mol. The van der Waals surface area contributed by atoms with Crippen LogP contribution in [0.25, 0.3) is 0 Å². The number of aromatic nitrogens is 1. The van der Waals surface area contributed by atoms with Gasteiger partial charge in [-0.1, -0.05) is 13.8 Å². The number of nitrogens with one attached hydrogen (secondary N) is 1. The van der Waals surface area contributed by atoms with Gasteiger partial charge >= 0.3 is 6.03 Å². The molecule has 1 N–H and O–H groups in total. The number of hydrogen-bond acceptors (Lipinski definition) is 5. The molecule has 2 rings (SSSR count). The summed E-state index contributed by atoms with van der Waals surface area (Å²) in [6, 6.07) is -0.270. The van der Waals surface area contributed by atoms with Gasteiger partial charge in [0.2, 0.25) is 5.91 Å². The van der Waals surface area contributed by atoms with Crippen LogP contribution in [0.5, 0.6) is 0 Å². The molecule has 7 nitrogen and oxygen atoms in total. The Morgan fingerprint density at radius 1 is 1.43 bits per heavy atom. The first-order valence-electron chi connectivity index (χ1n) is 7.72. The third-order valence-electron chi connectivity index (χ3n) is 3.76. The van der Waals surface area contributed by atoms with Crippen molar-refractivity contribution in [1.82, 2.24) is 14.8 Å². The molecular weight excluding hydrogens is 316 g/mol. The molecule has 1 fully saturated rings. The Bertz CT molecular complexity index is 573. The average Bonchev–Trinajstić information content (AvgIpc) is 2.86. The maximum atomic E-state index is 12.3. The summed E-state index contributed by atoms with van der Waals surface area (Å²) < 4.78 is 4.99. The zero-order chi connectivity index (χ0) is 17.0. The Hall–Kier alpha value is -1.67. The van der Waals surface area contributed by atoms with Crippen molar-refractivity contribution in [3.05, 3.63) is 10.6 Å². The fourth-order valence-electron chi connectivity index (χ4n) is 2.49. The summed E-state index contributed by atoms with van der Waals surface area (Å²) in [5, 5.41) is 3.39. The molecule has 8 heteroatoms. The number of rotatable bonds is 5. The van der Waals surface area contributed by atoms with Crippen LogP contribution in [0.1, 0.15) is 30.3 Å². The summed E-state index contributed by atoms with van der Waals surface area (Å²) in [4.78, 5) is 33.2. The van der Waals surface area contributed by atoms with E-state index in [-0.39, 0.29) is 18.5 Å². The molecule has 0 atom stereocenters. The van der Waals surface area contributed by atoms with Crippen molar-refractivity contribution in [1.29, 1.82) is 0 Å². The van der Waals surface area contributed by atoms with Crippen LogP contribution in [-0.2, 0) is 9.53 Å². The second-order valence-corrected chi connectivity index (χ2v) is 7.04. The lowest BCUT2D eigenvalue weighted by atomic mass is 10.1. The normalized spacial score (nSPS) is 15.4. The third kappa shape index (κ3) is 4.42. The van der Waals surface area contributed by atoms with E-state index in [2.05, 4.69) is 24.1 Å². The number of aryl methyl sites for hydroxylation is 1. The van der Waals surface area contributed by atoms with E-state index >= 15 is 0 Å². The molecule has 0 aromatic carbocycles. The maximum Gasteiger partial charge on any atom is 0.324 e. The van der Waals surface area contributed by atoms with E-state index in [0.717, 1.165) is 10.6 Å². The van der Waals surface area contributed by atoms with Crippen molar-refractivity contribution < 1.29 is 14.3 Å². The fourth-order valence-corrected chi connectivity index (χ4v) is 3.45. The van der Waals surface area contributed by atoms with Crippen molar-refractivity contribution in [3.8, 4) is 0 Å². The maximum absolute atomic E-state index is 12.3. The molecule has 0 spiro atoms. The standard InChI is InChI=1S/C15H24N4O3S/c1-10(2)13-11(3)23-14(16-13)17-15(21)19-6-5-18(7-8-22-4)12(20)9-19/h10H,5-9H2,1-4H3,(H,16,17,21). The number of carbonyl (C=O) groups excluding carboxylic acids is 2. The molecule has 1 aliphatic heterocycles. The molecule has 2 heterocycles. The Morgan fingerprint density at radius 2 is 2.17 bits per heavy atom. The molecule has 3 amide bonds. The zero-order valence-corrected chi connectivity index (χ0v) is 14.9. The van der Waals surface area contributed by atoms with Crippen molar-refractivity contribution in [2.24, 2.45) is 0 Å². The lowest BCUT2D eigenvalue weighted by Gasteiger charge is -2.33. The number of methoxy groups -OCH3 is 1. The lowest BCUT2D eigenvalue weighted by Crippen LogP contribution is -2.53. The number of ether oxygens (including phenoxy) is 1. The molecule has 1 saturated heterocycles. The molecule has 128 valence electrons. The van der Waals surface area contributed by atoms with Gasteiger partial charge in [0.1, 0.15) is 6.54 Å². The Morgan fingerprint density at radius 3 is 2.74 bits per heavy atom. The Kier molecular flexibility index (Phi) is 5.95. The number of nitrogens with zero attached hydrogens (tertiary/aromatic N) is 3. The average molecular weight is 340 g/mol. The number of hydrogen-bond donors (Lipinski definition) is 1. The van der Waals surface area contributed by atoms with Gasteiger partial charge in [0.05, 0.1) is 12.3 Å². The van der Waals surface area contributed by atoms with Crippen molar-refractivity contribution >= 4 is 28.4 Å². The highest BCUT2D eigenvalue weighted by atomic mass is 32.1. The third-order valence-corrected chi connectivity index (χ3v) is 4.67. The second-order valence-electron chi connectivity index (χ2n) is 5.84. The number of amides is 3. The van der Waals surface area contributed by atoms with Gasteiger partial charge in [-0.2, -0.15) is 0 Å². The highest BCUT2D eigenvalue weighted by Gasteiger charge is 2.27. The van der Waals surface area contributed by atoms with E-state index in [9.17, 15) is 9.59 Å². The van der Waals surface area contributed by atoms with E-state index < -0.39 is 0 Å². The van der Waals surface area contributed by atoms with Crippen LogP contribution < -0.4 is 5.32 Å². The second kappa shape index (κ2) is 7.74. The van der Waals surface area contributed by atoms with Gasteiger partial charge < -0.3 is 14.5 Å². The minimum Gasteiger partial charge on any atom is -0.383 e. The van der Waals surface area contributed by atoms with Gasteiger partial charge in [0.15, 0.2) is 5.13 Å². The summed E-state index contributed by atoms with van der Waals surface area (Å²) in [6.07, 6.45) is 0. The quantitative estimate of drug-likeness (QED) is 0.888. The molecule has 0 aliphatic carbocycles. The van der Waals surface area contributed by atoms with Crippen LogP contribution >= 0.6 is 11.3 Å². The zero-order valence-electron chi connectivity index (χ0n) is 14.1. The molecule has 1 aromatic rings. The number of urea groups is 1. The molecular formula is C15H24N4O3S. The van der Waals surface area contributed by atoms with E-state index in [1.165, 1.54) is 16.2 Å². The van der Waals surface area contributed by atoms with E-state index in [4.69, 9.17) is 4.74 Å². The molecule has 0 unspecified atom stereocenters. The first-order chi connectivity index (χ1) is 10.9. The topological polar surface area (TPSA) is 74.8 Å². The predicted octanol–water partition coefficient (Wildman–Crippen LogP) is 1.90. The summed E-state index contributed by atoms with van der Waals surface area (Å²) in [5.74, 6) is 0.268. The molecule has 1 aromatic heterocycles. The number of carbonyl (C=O) groups is 2. The van der Waals surface area contributed by atoms with Crippen LogP contribution in [0.2, 0.25) is 0 Å². The van der Waals surface area contributed by atoms with Gasteiger partial charge in [0.25, 0.3) is 0 Å². The molecule has 0 saturated carbocycles. The number of thiazole rings is 1. The SMILES string of the molecule is COCCN1CCN(C(=O)Nc2nc(C(C)C)c(C)s2)CC1=O. The minimum absolute atomic E-state index is 0.0540. The molecule has 0 bridgehead atoms. The van der Waals surface area contributed by atoms with E-state index in [1.807, 2.05) is 6.92 Å². The summed E-state index contributed by atoms with van der Waals surface area (Å²) in [5.41, 5.74) is 1.01. The van der Waals surface area contributed by atoms with E-state index in [1.54, 1.807) is 12.0 Å². The Labute approximate surface area is 140 Å². The smallest absolute Gasteiger partial charge is 0.324 e. The van der Waals surface area contributed by atoms with Gasteiger partial charge in [0, 0.05) is 31.6 Å². The van der Waals surface area contributed by atoms with E-state index in [0.29, 0.717) is 37.3 Å². The lowest BCUT2D eigenvalue weighted by molar-refractivity contribution is -0.135. The predicted molar refractivity (Wildman–Crippen MR) is 90.0 cm³/mol. The number of piperazine rings is 1. The van der Waals surface area contributed by atoms with Crippen molar-refractivity contribution in [2.45, 2.75) is 26.7 Å². The van der Waals surface area contributed by atoms with Gasteiger partial charge in [-0.15, -0.1) is 11.3 Å². The summed E-state index contributed by atoms with van der Waals surface area (Å²) in [7, 11) is 1.61. The molecule has 1 aliphatic rings. The first kappa shape index (κ1) is 17.7. The van der Waals surface area contributed by atoms with Crippen molar-refractivity contribution in [3.63, 3.8) is 0 Å². The van der Waals surface area contributed by atoms with Crippen LogP contribution in [0.3, 0.4) is 0 Å². The molecule has 23 heavy (non-hydrogen) atoms. The molecule has 0 radical (unpaired) electrons. The minimum atomic E-state index is -0.270. The van der Waals surface area contributed by atoms with Gasteiger partial charge in [-0.05, 0) is 12.8 Å². The van der Waals surface area contributed by atoms with Crippen molar-refractivity contribution in [2.75, 3.05) is 45.2 Å². The van der Waals surface area contributed by atoms with Gasteiger partial charge in [-0.25, -0.2) is 9.78 Å². The largest absolute Gasteiger partial charge is 0.383 e. The van der Waals surface area contributed by atoms with Crippen LogP contribution in [0, 0.1) is 6.92 Å². The van der Waals surface area contributed by atoms with Crippen LogP contribution in [0.4, 0.5) is 9.93 Å². The highest BCUT2D eigenvalue weighted by molar-refractivity contribution is 7.15. The summed E-state index contributed by atoms with van der Waals surface area (Å²) in [6.45, 7) is 8.36. The first-order valence-corrected chi connectivity index (χ1v) is 8.54. The van der Waals surface area contributed by atoms with Crippen LogP contribution in [0.15, 0.2) is 0 Å². The fraction of sp³-hybridized carbons (Fsp3) is 0.667.